The summed E-state index contributed by atoms with van der Waals surface area (Å²) in [5.41, 5.74) is -0.399. The molecule has 4 atom stereocenters. The molecule has 0 aliphatic carbocycles. The zero-order chi connectivity index (χ0) is 10.6. The lowest BCUT2D eigenvalue weighted by molar-refractivity contribution is -0.232. The molecule has 2 rings (SSSR count). The number of hydrogen-bond donors (Lipinski definition) is 0. The van der Waals surface area contributed by atoms with Gasteiger partial charge in [0.2, 0.25) is 0 Å². The first-order valence-electron chi connectivity index (χ1n) is 4.95. The van der Waals surface area contributed by atoms with Crippen molar-refractivity contribution in [3.8, 4) is 0 Å². The minimum Gasteiger partial charge on any atom is -0.353 e. The summed E-state index contributed by atoms with van der Waals surface area (Å²) in [5, 5.41) is 0. The average molecular weight is 202 g/mol. The fourth-order valence-electron chi connectivity index (χ4n) is 2.26. The van der Waals surface area contributed by atoms with Crippen LogP contribution in [0.25, 0.3) is 0 Å². The SMILES string of the molecule is CO[C@@H]1O[C@H](C)[C@@]2(C)OC(C)(C)O[C@@H]12. The predicted molar refractivity (Wildman–Crippen MR) is 49.8 cm³/mol. The van der Waals surface area contributed by atoms with Crippen LogP contribution in [-0.4, -0.2) is 37.0 Å². The van der Waals surface area contributed by atoms with Crippen molar-refractivity contribution in [1.29, 1.82) is 0 Å². The van der Waals surface area contributed by atoms with E-state index in [9.17, 15) is 0 Å². The Morgan fingerprint density at radius 3 is 2.43 bits per heavy atom. The maximum Gasteiger partial charge on any atom is 0.186 e. The third-order valence-corrected chi connectivity index (χ3v) is 3.07. The van der Waals surface area contributed by atoms with E-state index < -0.39 is 11.4 Å². The van der Waals surface area contributed by atoms with Crippen LogP contribution < -0.4 is 0 Å². The van der Waals surface area contributed by atoms with E-state index in [2.05, 4.69) is 0 Å². The fourth-order valence-corrected chi connectivity index (χ4v) is 2.26. The van der Waals surface area contributed by atoms with Crippen molar-refractivity contribution in [1.82, 2.24) is 0 Å². The molecule has 2 aliphatic rings. The van der Waals surface area contributed by atoms with Crippen molar-refractivity contribution in [2.24, 2.45) is 0 Å². The Bertz CT molecular complexity index is 240. The smallest absolute Gasteiger partial charge is 0.186 e. The number of fused-ring (bicyclic) bond motifs is 1. The maximum absolute atomic E-state index is 5.88. The zero-order valence-corrected chi connectivity index (χ0v) is 9.37. The first kappa shape index (κ1) is 10.4. The molecule has 4 nitrogen and oxygen atoms in total. The third kappa shape index (κ3) is 1.29. The highest BCUT2D eigenvalue weighted by atomic mass is 16.8. The van der Waals surface area contributed by atoms with Gasteiger partial charge in [-0.25, -0.2) is 0 Å². The molecule has 0 aromatic rings. The quantitative estimate of drug-likeness (QED) is 0.642. The van der Waals surface area contributed by atoms with Gasteiger partial charge in [-0.2, -0.15) is 0 Å². The van der Waals surface area contributed by atoms with Crippen LogP contribution >= 0.6 is 0 Å². The van der Waals surface area contributed by atoms with E-state index in [1.807, 2.05) is 27.7 Å². The first-order valence-corrected chi connectivity index (χ1v) is 4.95. The van der Waals surface area contributed by atoms with E-state index in [0.717, 1.165) is 0 Å². The van der Waals surface area contributed by atoms with E-state index in [1.165, 1.54) is 0 Å². The van der Waals surface area contributed by atoms with Crippen LogP contribution in [-0.2, 0) is 18.9 Å². The van der Waals surface area contributed by atoms with Gasteiger partial charge in [0.1, 0.15) is 11.7 Å². The summed E-state index contributed by atoms with van der Waals surface area (Å²) in [6.45, 7) is 7.82. The number of ether oxygens (including phenoxy) is 4. The summed E-state index contributed by atoms with van der Waals surface area (Å²) in [5.74, 6) is -0.547. The molecule has 0 aromatic carbocycles. The van der Waals surface area contributed by atoms with Crippen LogP contribution in [0.15, 0.2) is 0 Å². The third-order valence-electron chi connectivity index (χ3n) is 3.07. The molecule has 4 heteroatoms. The van der Waals surface area contributed by atoms with Crippen LogP contribution in [0.1, 0.15) is 27.7 Å². The summed E-state index contributed by atoms with van der Waals surface area (Å²) in [6.07, 6.45) is -0.478. The molecule has 0 unspecified atom stereocenters. The summed E-state index contributed by atoms with van der Waals surface area (Å²) in [6, 6.07) is 0. The summed E-state index contributed by atoms with van der Waals surface area (Å²) in [4.78, 5) is 0. The second-order valence-electron chi connectivity index (χ2n) is 4.61. The van der Waals surface area contributed by atoms with Gasteiger partial charge in [0.15, 0.2) is 12.1 Å². The van der Waals surface area contributed by atoms with E-state index in [4.69, 9.17) is 18.9 Å². The zero-order valence-electron chi connectivity index (χ0n) is 9.37. The van der Waals surface area contributed by atoms with Crippen LogP contribution in [0.5, 0.6) is 0 Å². The highest BCUT2D eigenvalue weighted by Crippen LogP contribution is 2.46. The van der Waals surface area contributed by atoms with Gasteiger partial charge in [0.05, 0.1) is 6.10 Å². The van der Waals surface area contributed by atoms with Gasteiger partial charge in [-0.15, -0.1) is 0 Å². The molecule has 82 valence electrons. The van der Waals surface area contributed by atoms with Crippen LogP contribution in [0, 0.1) is 0 Å². The van der Waals surface area contributed by atoms with Crippen LogP contribution in [0.2, 0.25) is 0 Å². The van der Waals surface area contributed by atoms with Gasteiger partial charge in [0.25, 0.3) is 0 Å². The molecule has 0 saturated carbocycles. The second kappa shape index (κ2) is 2.92. The normalized spacial score (nSPS) is 50.8. The monoisotopic (exact) mass is 202 g/mol. The highest BCUT2D eigenvalue weighted by Gasteiger charge is 2.62. The van der Waals surface area contributed by atoms with Gasteiger partial charge in [-0.1, -0.05) is 0 Å². The molecule has 2 saturated heterocycles. The molecule has 2 fully saturated rings. The molecule has 14 heavy (non-hydrogen) atoms. The van der Waals surface area contributed by atoms with Crippen molar-refractivity contribution < 1.29 is 18.9 Å². The van der Waals surface area contributed by atoms with E-state index in [0.29, 0.717) is 0 Å². The summed E-state index contributed by atoms with van der Waals surface area (Å²) >= 11 is 0. The van der Waals surface area contributed by atoms with Crippen LogP contribution in [0.3, 0.4) is 0 Å². The summed E-state index contributed by atoms with van der Waals surface area (Å²) < 4.78 is 22.5. The Morgan fingerprint density at radius 2 is 1.86 bits per heavy atom. The Morgan fingerprint density at radius 1 is 1.21 bits per heavy atom. The van der Waals surface area contributed by atoms with E-state index >= 15 is 0 Å². The Hall–Kier alpha value is -0.160. The first-order chi connectivity index (χ1) is 6.39. The highest BCUT2D eigenvalue weighted by molar-refractivity contribution is 5.03. The molecule has 2 heterocycles. The Labute approximate surface area is 84.5 Å². The lowest BCUT2D eigenvalue weighted by Crippen LogP contribution is -2.42. The minimum atomic E-state index is -0.547. The fraction of sp³-hybridized carbons (Fsp3) is 1.00. The van der Waals surface area contributed by atoms with Crippen molar-refractivity contribution >= 4 is 0 Å². The topological polar surface area (TPSA) is 36.9 Å². The molecule has 0 aromatic heterocycles. The molecule has 0 radical (unpaired) electrons. The molecular formula is C10H18O4. The standard InChI is InChI=1S/C10H18O4/c1-6-10(4)7(8(11-5)12-6)13-9(2,3)14-10/h6-8H,1-5H3/t6-,7+,8-,10-/m1/s1. The van der Waals surface area contributed by atoms with Crippen molar-refractivity contribution in [3.05, 3.63) is 0 Å². The van der Waals surface area contributed by atoms with Crippen molar-refractivity contribution in [3.63, 3.8) is 0 Å². The molecule has 0 bridgehead atoms. The van der Waals surface area contributed by atoms with Crippen molar-refractivity contribution in [2.45, 2.75) is 57.6 Å². The maximum atomic E-state index is 5.88. The number of methoxy groups -OCH3 is 1. The van der Waals surface area contributed by atoms with Gasteiger partial charge in [-0.3, -0.25) is 0 Å². The van der Waals surface area contributed by atoms with Gasteiger partial charge in [-0.05, 0) is 27.7 Å². The molecule has 2 aliphatic heterocycles. The minimum absolute atomic E-state index is 0.0146. The van der Waals surface area contributed by atoms with Crippen LogP contribution in [0.4, 0.5) is 0 Å². The Kier molecular flexibility index (Phi) is 2.16. The molecule has 0 spiro atoms. The van der Waals surface area contributed by atoms with E-state index in [-0.39, 0.29) is 18.5 Å². The molecule has 0 amide bonds. The number of hydrogen-bond acceptors (Lipinski definition) is 4. The lowest BCUT2D eigenvalue weighted by atomic mass is 9.96. The predicted octanol–water partition coefficient (Wildman–Crippen LogP) is 1.29. The second-order valence-corrected chi connectivity index (χ2v) is 4.61. The van der Waals surface area contributed by atoms with E-state index in [1.54, 1.807) is 7.11 Å². The van der Waals surface area contributed by atoms with Gasteiger partial charge < -0.3 is 18.9 Å². The van der Waals surface area contributed by atoms with Gasteiger partial charge in [0, 0.05) is 7.11 Å². The summed E-state index contributed by atoms with van der Waals surface area (Å²) in [7, 11) is 1.62. The lowest BCUT2D eigenvalue weighted by Gasteiger charge is -2.26. The Balaban J connectivity index is 2.26. The largest absolute Gasteiger partial charge is 0.353 e. The van der Waals surface area contributed by atoms with Crippen molar-refractivity contribution in [2.75, 3.05) is 7.11 Å². The number of rotatable bonds is 1. The van der Waals surface area contributed by atoms with Gasteiger partial charge >= 0.3 is 0 Å². The average Bonchev–Trinajstić information content (AvgIpc) is 2.42. The molecule has 0 N–H and O–H groups in total. The molecular weight excluding hydrogens is 184 g/mol.